The van der Waals surface area contributed by atoms with Crippen molar-refractivity contribution >= 4 is 22.9 Å². The number of nitrogens with zero attached hydrogens (tertiary/aromatic N) is 2. The standard InChI is InChI=1S/C16H19N3O3/c1-19-12-6-3-2-5-11(12)18-13(19)7-4-10-17-14(20)16(8-9-16)15(21)22/h2-3,5-6H,4,7-10H2,1H3,(H,17,20)(H,21,22). The van der Waals surface area contributed by atoms with Crippen LogP contribution in [0.3, 0.4) is 0 Å². The average molecular weight is 301 g/mol. The molecule has 0 unspecified atom stereocenters. The van der Waals surface area contributed by atoms with Gasteiger partial charge in [0.05, 0.1) is 11.0 Å². The second kappa shape index (κ2) is 5.44. The number of hydrogen-bond donors (Lipinski definition) is 2. The molecule has 22 heavy (non-hydrogen) atoms. The lowest BCUT2D eigenvalue weighted by Gasteiger charge is -2.10. The number of carbonyl (C=O) groups excluding carboxylic acids is 1. The Labute approximate surface area is 128 Å². The topological polar surface area (TPSA) is 84.2 Å². The van der Waals surface area contributed by atoms with E-state index < -0.39 is 11.4 Å². The molecule has 2 N–H and O–H groups in total. The number of carbonyl (C=O) groups is 2. The summed E-state index contributed by atoms with van der Waals surface area (Å²) in [5.41, 5.74) is 0.897. The van der Waals surface area contributed by atoms with E-state index in [4.69, 9.17) is 5.11 Å². The minimum Gasteiger partial charge on any atom is -0.480 e. The van der Waals surface area contributed by atoms with E-state index in [1.54, 1.807) is 0 Å². The van der Waals surface area contributed by atoms with Gasteiger partial charge in [-0.05, 0) is 31.4 Å². The molecule has 1 fully saturated rings. The molecular formula is C16H19N3O3. The predicted octanol–water partition coefficient (Wildman–Crippen LogP) is 1.49. The molecule has 1 saturated carbocycles. The maximum absolute atomic E-state index is 11.9. The maximum atomic E-state index is 11.9. The summed E-state index contributed by atoms with van der Waals surface area (Å²) >= 11 is 0. The SMILES string of the molecule is Cn1c(CCCNC(=O)C2(C(=O)O)CC2)nc2ccccc21. The Morgan fingerprint density at radius 3 is 2.73 bits per heavy atom. The number of imidazole rings is 1. The molecule has 116 valence electrons. The van der Waals surface area contributed by atoms with Crippen LogP contribution >= 0.6 is 0 Å². The van der Waals surface area contributed by atoms with E-state index in [2.05, 4.69) is 14.9 Å². The quantitative estimate of drug-likeness (QED) is 0.625. The summed E-state index contributed by atoms with van der Waals surface area (Å²) in [5.74, 6) is -0.403. The van der Waals surface area contributed by atoms with Crippen molar-refractivity contribution in [1.29, 1.82) is 0 Å². The van der Waals surface area contributed by atoms with Crippen molar-refractivity contribution in [3.8, 4) is 0 Å². The first-order valence-corrected chi connectivity index (χ1v) is 7.47. The lowest BCUT2D eigenvalue weighted by molar-refractivity contribution is -0.149. The largest absolute Gasteiger partial charge is 0.480 e. The summed E-state index contributed by atoms with van der Waals surface area (Å²) < 4.78 is 2.05. The van der Waals surface area contributed by atoms with Crippen molar-refractivity contribution in [2.24, 2.45) is 12.5 Å². The number of aromatic nitrogens is 2. The molecule has 1 heterocycles. The number of hydrogen-bond acceptors (Lipinski definition) is 3. The number of carboxylic acids is 1. The zero-order chi connectivity index (χ0) is 15.7. The highest BCUT2D eigenvalue weighted by Gasteiger charge is 2.56. The first-order chi connectivity index (χ1) is 10.5. The minimum atomic E-state index is -1.15. The zero-order valence-electron chi connectivity index (χ0n) is 12.5. The molecule has 0 atom stereocenters. The fraction of sp³-hybridized carbons (Fsp3) is 0.438. The monoisotopic (exact) mass is 301 g/mol. The molecule has 2 aromatic rings. The number of benzene rings is 1. The van der Waals surface area contributed by atoms with Crippen LogP contribution in [0.4, 0.5) is 0 Å². The molecule has 0 aliphatic heterocycles. The fourth-order valence-corrected chi connectivity index (χ4v) is 2.70. The van der Waals surface area contributed by atoms with Gasteiger partial charge in [0.25, 0.3) is 0 Å². The van der Waals surface area contributed by atoms with Gasteiger partial charge in [0.1, 0.15) is 11.2 Å². The van der Waals surface area contributed by atoms with Crippen molar-refractivity contribution < 1.29 is 14.7 Å². The summed E-state index contributed by atoms with van der Waals surface area (Å²) in [6.45, 7) is 0.469. The number of rotatable bonds is 6. The van der Waals surface area contributed by atoms with Gasteiger partial charge in [0.15, 0.2) is 0 Å². The molecule has 1 aliphatic carbocycles. The molecular weight excluding hydrogens is 282 g/mol. The van der Waals surface area contributed by atoms with Gasteiger partial charge >= 0.3 is 5.97 Å². The van der Waals surface area contributed by atoms with Crippen molar-refractivity contribution in [1.82, 2.24) is 14.9 Å². The van der Waals surface area contributed by atoms with Gasteiger partial charge in [-0.3, -0.25) is 9.59 Å². The molecule has 0 bridgehead atoms. The van der Waals surface area contributed by atoms with Gasteiger partial charge in [-0.25, -0.2) is 4.98 Å². The molecule has 0 saturated heterocycles. The second-order valence-corrected chi connectivity index (χ2v) is 5.82. The Kier molecular flexibility index (Phi) is 3.60. The molecule has 6 heteroatoms. The van der Waals surface area contributed by atoms with Crippen molar-refractivity contribution in [3.63, 3.8) is 0 Å². The summed E-state index contributed by atoms with van der Waals surface area (Å²) in [6.07, 6.45) is 2.36. The molecule has 1 aromatic carbocycles. The average Bonchev–Trinajstić information content (AvgIpc) is 3.26. The van der Waals surface area contributed by atoms with Crippen LogP contribution in [0.5, 0.6) is 0 Å². The molecule has 1 amide bonds. The van der Waals surface area contributed by atoms with Gasteiger partial charge in [-0.15, -0.1) is 0 Å². The summed E-state index contributed by atoms with van der Waals surface area (Å²) in [5, 5.41) is 11.8. The number of para-hydroxylation sites is 2. The molecule has 6 nitrogen and oxygen atoms in total. The third kappa shape index (κ3) is 2.45. The van der Waals surface area contributed by atoms with E-state index >= 15 is 0 Å². The normalized spacial score (nSPS) is 15.7. The Bertz CT molecular complexity index is 731. The zero-order valence-corrected chi connectivity index (χ0v) is 12.5. The minimum absolute atomic E-state index is 0.356. The van der Waals surface area contributed by atoms with Crippen molar-refractivity contribution in [3.05, 3.63) is 30.1 Å². The third-order valence-electron chi connectivity index (χ3n) is 4.34. The maximum Gasteiger partial charge on any atom is 0.319 e. The van der Waals surface area contributed by atoms with Crippen molar-refractivity contribution in [2.75, 3.05) is 6.54 Å². The van der Waals surface area contributed by atoms with E-state index in [1.807, 2.05) is 31.3 Å². The van der Waals surface area contributed by atoms with Crippen LogP contribution in [0, 0.1) is 5.41 Å². The summed E-state index contributed by atoms with van der Waals surface area (Å²) in [6, 6.07) is 7.94. The number of amides is 1. The van der Waals surface area contributed by atoms with Crippen LogP contribution < -0.4 is 5.32 Å². The lowest BCUT2D eigenvalue weighted by Crippen LogP contribution is -2.37. The smallest absolute Gasteiger partial charge is 0.319 e. The lowest BCUT2D eigenvalue weighted by atomic mass is 10.1. The van der Waals surface area contributed by atoms with Gasteiger partial charge in [-0.1, -0.05) is 12.1 Å². The molecule has 1 aliphatic rings. The third-order valence-corrected chi connectivity index (χ3v) is 4.34. The number of nitrogens with one attached hydrogen (secondary N) is 1. The Balaban J connectivity index is 1.54. The van der Waals surface area contributed by atoms with E-state index in [-0.39, 0.29) is 5.91 Å². The Hall–Kier alpha value is -2.37. The van der Waals surface area contributed by atoms with Crippen molar-refractivity contribution in [2.45, 2.75) is 25.7 Å². The predicted molar refractivity (Wildman–Crippen MR) is 81.3 cm³/mol. The second-order valence-electron chi connectivity index (χ2n) is 5.82. The molecule has 1 aromatic heterocycles. The van der Waals surface area contributed by atoms with E-state index in [1.165, 1.54) is 0 Å². The van der Waals surface area contributed by atoms with E-state index in [0.717, 1.165) is 29.7 Å². The molecule has 3 rings (SSSR count). The van der Waals surface area contributed by atoms with Gasteiger partial charge in [0, 0.05) is 20.0 Å². The van der Waals surface area contributed by atoms with Crippen LogP contribution in [0.25, 0.3) is 11.0 Å². The van der Waals surface area contributed by atoms with E-state index in [0.29, 0.717) is 19.4 Å². The van der Waals surface area contributed by atoms with Crippen LogP contribution in [-0.2, 0) is 23.1 Å². The number of aliphatic carboxylic acids is 1. The summed E-state index contributed by atoms with van der Waals surface area (Å²) in [7, 11) is 1.98. The highest BCUT2D eigenvalue weighted by atomic mass is 16.4. The van der Waals surface area contributed by atoms with Crippen LogP contribution in [0.1, 0.15) is 25.1 Å². The first kappa shape index (κ1) is 14.6. The van der Waals surface area contributed by atoms with Gasteiger partial charge in [0.2, 0.25) is 5.91 Å². The Morgan fingerprint density at radius 1 is 1.36 bits per heavy atom. The van der Waals surface area contributed by atoms with E-state index in [9.17, 15) is 9.59 Å². The highest BCUT2D eigenvalue weighted by molar-refractivity contribution is 6.04. The van der Waals surface area contributed by atoms with Crippen LogP contribution in [0.15, 0.2) is 24.3 Å². The van der Waals surface area contributed by atoms with Crippen LogP contribution in [-0.4, -0.2) is 33.1 Å². The van der Waals surface area contributed by atoms with Crippen LogP contribution in [0.2, 0.25) is 0 Å². The first-order valence-electron chi connectivity index (χ1n) is 7.47. The van der Waals surface area contributed by atoms with Gasteiger partial charge in [-0.2, -0.15) is 0 Å². The molecule has 0 spiro atoms. The van der Waals surface area contributed by atoms with Gasteiger partial charge < -0.3 is 15.0 Å². The Morgan fingerprint density at radius 2 is 2.09 bits per heavy atom. The number of carboxylic acid groups (broad SMARTS) is 1. The summed E-state index contributed by atoms with van der Waals surface area (Å²) in [4.78, 5) is 27.5. The fourth-order valence-electron chi connectivity index (χ4n) is 2.70. The molecule has 0 radical (unpaired) electrons. The number of aryl methyl sites for hydroxylation is 2. The number of fused-ring (bicyclic) bond motifs is 1. The highest BCUT2D eigenvalue weighted by Crippen LogP contribution is 2.46.